The Morgan fingerprint density at radius 2 is 2.07 bits per heavy atom. The lowest BCUT2D eigenvalue weighted by atomic mass is 10.2. The maximum Gasteiger partial charge on any atom is 0.337 e. The molecule has 14 heavy (non-hydrogen) atoms. The number of carbonyl (C=O) groups is 2. The van der Waals surface area contributed by atoms with E-state index in [1.54, 1.807) is 5.38 Å². The average Bonchev–Trinajstić information content (AvgIpc) is 2.51. The van der Waals surface area contributed by atoms with Crippen LogP contribution in [-0.2, 0) is 4.79 Å². The number of hydrogen-bond acceptors (Lipinski definition) is 3. The Bertz CT molecular complexity index is 378. The van der Waals surface area contributed by atoms with E-state index in [0.29, 0.717) is 5.56 Å². The molecule has 0 aliphatic heterocycles. The molecule has 1 heterocycles. The van der Waals surface area contributed by atoms with Gasteiger partial charge in [0.2, 0.25) is 0 Å². The maximum atomic E-state index is 10.6. The van der Waals surface area contributed by atoms with Crippen molar-refractivity contribution in [2.24, 2.45) is 0 Å². The van der Waals surface area contributed by atoms with Gasteiger partial charge in [0.15, 0.2) is 0 Å². The zero-order chi connectivity index (χ0) is 10.6. The van der Waals surface area contributed by atoms with Gasteiger partial charge in [-0.05, 0) is 10.9 Å². The summed E-state index contributed by atoms with van der Waals surface area (Å²) in [7, 11) is 0. The van der Waals surface area contributed by atoms with Gasteiger partial charge in [-0.15, -0.1) is 0 Å². The van der Waals surface area contributed by atoms with Crippen molar-refractivity contribution in [1.29, 1.82) is 0 Å². The number of carboxylic acid groups (broad SMARTS) is 2. The van der Waals surface area contributed by atoms with E-state index in [1.165, 1.54) is 28.9 Å². The fourth-order valence-corrected chi connectivity index (χ4v) is 1.69. The molecule has 0 radical (unpaired) electrons. The summed E-state index contributed by atoms with van der Waals surface area (Å²) in [5, 5.41) is 20.3. The molecule has 0 amide bonds. The number of hydrogen-bond donors (Lipinski definition) is 2. The third kappa shape index (κ3) is 2.70. The van der Waals surface area contributed by atoms with Crippen LogP contribution >= 0.6 is 11.3 Å². The van der Waals surface area contributed by atoms with Crippen LogP contribution in [0.1, 0.15) is 22.3 Å². The van der Waals surface area contributed by atoms with E-state index in [4.69, 9.17) is 10.2 Å². The predicted octanol–water partition coefficient (Wildman–Crippen LogP) is 1.93. The molecule has 0 fully saturated rings. The number of rotatable bonds is 4. The SMILES string of the molecule is O=C(O)CC=Cc1cscc1C(=O)O. The number of carboxylic acids is 2. The van der Waals surface area contributed by atoms with Gasteiger partial charge >= 0.3 is 11.9 Å². The van der Waals surface area contributed by atoms with Crippen LogP contribution in [0.3, 0.4) is 0 Å². The highest BCUT2D eigenvalue weighted by atomic mass is 32.1. The standard InChI is InChI=1S/C9H8O4S/c10-8(11)3-1-2-6-4-14-5-7(6)9(12)13/h1-2,4-5H,3H2,(H,10,11)(H,12,13). The van der Waals surface area contributed by atoms with Gasteiger partial charge in [0.25, 0.3) is 0 Å². The van der Waals surface area contributed by atoms with E-state index in [2.05, 4.69) is 0 Å². The first-order valence-corrected chi connectivity index (χ1v) is 4.73. The molecule has 1 rings (SSSR count). The van der Waals surface area contributed by atoms with Crippen molar-refractivity contribution < 1.29 is 19.8 Å². The minimum Gasteiger partial charge on any atom is -0.481 e. The lowest BCUT2D eigenvalue weighted by Crippen LogP contribution is -1.95. The summed E-state index contributed by atoms with van der Waals surface area (Å²) < 4.78 is 0. The third-order valence-corrected chi connectivity index (χ3v) is 2.27. The Balaban J connectivity index is 2.76. The third-order valence-electron chi connectivity index (χ3n) is 1.51. The Morgan fingerprint density at radius 1 is 1.36 bits per heavy atom. The summed E-state index contributed by atoms with van der Waals surface area (Å²) in [6.45, 7) is 0. The van der Waals surface area contributed by atoms with Crippen molar-refractivity contribution in [3.8, 4) is 0 Å². The molecule has 4 nitrogen and oxygen atoms in total. The average molecular weight is 212 g/mol. The van der Waals surface area contributed by atoms with E-state index in [-0.39, 0.29) is 12.0 Å². The van der Waals surface area contributed by atoms with E-state index < -0.39 is 11.9 Å². The quantitative estimate of drug-likeness (QED) is 0.799. The summed E-state index contributed by atoms with van der Waals surface area (Å²) in [6.07, 6.45) is 2.83. The molecule has 0 unspecified atom stereocenters. The van der Waals surface area contributed by atoms with Gasteiger partial charge in [-0.25, -0.2) is 4.79 Å². The van der Waals surface area contributed by atoms with Crippen molar-refractivity contribution >= 4 is 29.4 Å². The predicted molar refractivity (Wildman–Crippen MR) is 52.6 cm³/mol. The summed E-state index contributed by atoms with van der Waals surface area (Å²) in [4.78, 5) is 20.8. The summed E-state index contributed by atoms with van der Waals surface area (Å²) in [5.74, 6) is -1.94. The molecular weight excluding hydrogens is 204 g/mol. The first-order chi connectivity index (χ1) is 6.61. The van der Waals surface area contributed by atoms with Crippen molar-refractivity contribution in [3.05, 3.63) is 28.0 Å². The fourth-order valence-electron chi connectivity index (χ4n) is 0.897. The zero-order valence-electron chi connectivity index (χ0n) is 7.14. The molecule has 0 bridgehead atoms. The van der Waals surface area contributed by atoms with Gasteiger partial charge in [-0.2, -0.15) is 11.3 Å². The van der Waals surface area contributed by atoms with Crippen LogP contribution in [0.4, 0.5) is 0 Å². The monoisotopic (exact) mass is 212 g/mol. The number of aromatic carboxylic acids is 1. The van der Waals surface area contributed by atoms with Crippen LogP contribution in [0, 0.1) is 0 Å². The second-order valence-corrected chi connectivity index (χ2v) is 3.29. The molecule has 1 aromatic heterocycles. The van der Waals surface area contributed by atoms with E-state index >= 15 is 0 Å². The minimum absolute atomic E-state index is 0.102. The first kappa shape index (κ1) is 10.5. The summed E-state index contributed by atoms with van der Waals surface area (Å²) in [6, 6.07) is 0. The number of thiophene rings is 1. The van der Waals surface area contributed by atoms with Crippen LogP contribution in [0.25, 0.3) is 6.08 Å². The number of aliphatic carboxylic acids is 1. The molecule has 2 N–H and O–H groups in total. The molecule has 0 atom stereocenters. The topological polar surface area (TPSA) is 74.6 Å². The summed E-state index contributed by atoms with van der Waals surface area (Å²) in [5.41, 5.74) is 0.750. The molecule has 0 saturated heterocycles. The van der Waals surface area contributed by atoms with E-state index in [1.807, 2.05) is 0 Å². The van der Waals surface area contributed by atoms with Gasteiger partial charge in [-0.1, -0.05) is 12.2 Å². The lowest BCUT2D eigenvalue weighted by molar-refractivity contribution is -0.135. The molecule has 5 heteroatoms. The molecule has 0 aliphatic carbocycles. The van der Waals surface area contributed by atoms with Crippen molar-refractivity contribution in [3.63, 3.8) is 0 Å². The molecule has 1 aromatic rings. The van der Waals surface area contributed by atoms with Gasteiger partial charge in [0.05, 0.1) is 12.0 Å². The normalized spacial score (nSPS) is 10.6. The highest BCUT2D eigenvalue weighted by Crippen LogP contribution is 2.16. The molecule has 0 aromatic carbocycles. The Labute approximate surface area is 84.1 Å². The van der Waals surface area contributed by atoms with Gasteiger partial charge < -0.3 is 10.2 Å². The largest absolute Gasteiger partial charge is 0.481 e. The van der Waals surface area contributed by atoms with Crippen molar-refractivity contribution in [1.82, 2.24) is 0 Å². The van der Waals surface area contributed by atoms with Crippen molar-refractivity contribution in [2.75, 3.05) is 0 Å². The smallest absolute Gasteiger partial charge is 0.337 e. The fraction of sp³-hybridized carbons (Fsp3) is 0.111. The van der Waals surface area contributed by atoms with E-state index in [0.717, 1.165) is 0 Å². The van der Waals surface area contributed by atoms with Gasteiger partial charge in [0.1, 0.15) is 0 Å². The van der Waals surface area contributed by atoms with Crippen molar-refractivity contribution in [2.45, 2.75) is 6.42 Å². The Hall–Kier alpha value is -1.62. The van der Waals surface area contributed by atoms with Crippen LogP contribution in [-0.4, -0.2) is 22.2 Å². The highest BCUT2D eigenvalue weighted by Gasteiger charge is 2.07. The Kier molecular flexibility index (Phi) is 3.41. The second-order valence-electron chi connectivity index (χ2n) is 2.55. The highest BCUT2D eigenvalue weighted by molar-refractivity contribution is 7.08. The lowest BCUT2D eigenvalue weighted by Gasteiger charge is -1.91. The van der Waals surface area contributed by atoms with Crippen LogP contribution < -0.4 is 0 Å². The van der Waals surface area contributed by atoms with Gasteiger partial charge in [0, 0.05) is 5.38 Å². The van der Waals surface area contributed by atoms with E-state index in [9.17, 15) is 9.59 Å². The second kappa shape index (κ2) is 4.57. The minimum atomic E-state index is -0.999. The van der Waals surface area contributed by atoms with Crippen LogP contribution in [0.5, 0.6) is 0 Å². The maximum absolute atomic E-state index is 10.6. The van der Waals surface area contributed by atoms with Gasteiger partial charge in [-0.3, -0.25) is 4.79 Å². The molecule has 74 valence electrons. The zero-order valence-corrected chi connectivity index (χ0v) is 7.95. The molecule has 0 aliphatic rings. The molecule has 0 spiro atoms. The molecular formula is C9H8O4S. The van der Waals surface area contributed by atoms with Crippen LogP contribution in [0.15, 0.2) is 16.8 Å². The molecule has 0 saturated carbocycles. The summed E-state index contributed by atoms with van der Waals surface area (Å²) >= 11 is 1.27. The van der Waals surface area contributed by atoms with Crippen LogP contribution in [0.2, 0.25) is 0 Å². The first-order valence-electron chi connectivity index (χ1n) is 3.79. The Morgan fingerprint density at radius 3 is 2.64 bits per heavy atom.